The number of rotatable bonds is 2. The molecule has 0 radical (unpaired) electrons. The molecule has 0 N–H and O–H groups in total. The van der Waals surface area contributed by atoms with Gasteiger partial charge in [0.25, 0.3) is 0 Å². The Morgan fingerprint density at radius 2 is 0.857 bits per heavy atom. The quantitative estimate of drug-likeness (QED) is 0.569. The third kappa shape index (κ3) is 6.39. The van der Waals surface area contributed by atoms with E-state index >= 15 is 0 Å². The molecule has 2 aromatic carbocycles. The van der Waals surface area contributed by atoms with Gasteiger partial charge in [-0.05, 0) is 74.2 Å². The van der Waals surface area contributed by atoms with E-state index in [1.165, 1.54) is 32.0 Å². The lowest BCUT2D eigenvalue weighted by molar-refractivity contribution is 1.26. The molecule has 0 atom stereocenters. The Kier molecular flexibility index (Phi) is 9.90. The van der Waals surface area contributed by atoms with Crippen molar-refractivity contribution in [2.45, 2.75) is 65.2 Å². The van der Waals surface area contributed by atoms with E-state index in [2.05, 4.69) is 64.1 Å². The fraction of sp³-hybridized carbons (Fsp3) is 0.400. The first-order valence-corrected chi connectivity index (χ1v) is 8.70. The van der Waals surface area contributed by atoms with E-state index in [-0.39, 0.29) is 0 Å². The summed E-state index contributed by atoms with van der Waals surface area (Å²) in [6.45, 7) is 16.6. The molecule has 2 aromatic rings. The monoisotopic (exact) mass is 302 g/mol. The zero-order chi connectivity index (χ0) is 16.4. The Morgan fingerprint density at radius 3 is 1.14 bits per heavy atom. The normalized spacial score (nSPS) is 9.14. The molecule has 0 fully saturated rings. The van der Waals surface area contributed by atoms with E-state index in [1.54, 1.807) is 0 Å². The van der Waals surface area contributed by atoms with E-state index in [0.717, 1.165) is 0 Å². The van der Waals surface area contributed by atoms with Crippen LogP contribution in [0.2, 0.25) is 0 Å². The molecule has 1 heteroatoms. The molecule has 21 heavy (non-hydrogen) atoms. The third-order valence-corrected chi connectivity index (χ3v) is 4.17. The topological polar surface area (TPSA) is 0 Å². The second kappa shape index (κ2) is 10.5. The molecule has 0 aliphatic heterocycles. The van der Waals surface area contributed by atoms with Crippen molar-refractivity contribution in [1.29, 1.82) is 0 Å². The van der Waals surface area contributed by atoms with Gasteiger partial charge in [0.15, 0.2) is 0 Å². The largest absolute Gasteiger partial charge is 0.0901 e. The first kappa shape index (κ1) is 19.8. The van der Waals surface area contributed by atoms with Crippen molar-refractivity contribution >= 4 is 11.8 Å². The van der Waals surface area contributed by atoms with Gasteiger partial charge >= 0.3 is 0 Å². The first-order chi connectivity index (χ1) is 10.1. The predicted octanol–water partition coefficient (Wildman–Crippen LogP) is 7.12. The molecule has 0 amide bonds. The van der Waals surface area contributed by atoms with E-state index in [9.17, 15) is 0 Å². The molecule has 0 aliphatic rings. The van der Waals surface area contributed by atoms with Gasteiger partial charge in [-0.15, -0.1) is 0 Å². The van der Waals surface area contributed by atoms with Gasteiger partial charge in [0.05, 0.1) is 0 Å². The average molecular weight is 303 g/mol. The summed E-state index contributed by atoms with van der Waals surface area (Å²) >= 11 is 1.83. The van der Waals surface area contributed by atoms with Crippen molar-refractivity contribution in [2.24, 2.45) is 0 Å². The van der Waals surface area contributed by atoms with Crippen molar-refractivity contribution in [3.8, 4) is 0 Å². The molecule has 0 heterocycles. The van der Waals surface area contributed by atoms with Crippen LogP contribution in [0.25, 0.3) is 0 Å². The number of hydrogen-bond donors (Lipinski definition) is 0. The van der Waals surface area contributed by atoms with E-state index in [4.69, 9.17) is 0 Å². The first-order valence-electron chi connectivity index (χ1n) is 7.88. The molecule has 2 rings (SSSR count). The lowest BCUT2D eigenvalue weighted by Gasteiger charge is -2.07. The molecule has 0 saturated heterocycles. The van der Waals surface area contributed by atoms with Gasteiger partial charge in [-0.2, -0.15) is 0 Å². The van der Waals surface area contributed by atoms with Crippen LogP contribution in [-0.4, -0.2) is 0 Å². The average Bonchev–Trinajstić information content (AvgIpc) is 2.51. The molecule has 0 aliphatic carbocycles. The summed E-state index contributed by atoms with van der Waals surface area (Å²) in [7, 11) is 0. The zero-order valence-corrected chi connectivity index (χ0v) is 15.7. The van der Waals surface area contributed by atoms with Crippen molar-refractivity contribution in [3.63, 3.8) is 0 Å². The zero-order valence-electron chi connectivity index (χ0n) is 14.9. The van der Waals surface area contributed by atoms with Crippen molar-refractivity contribution < 1.29 is 0 Å². The molecule has 0 nitrogen and oxygen atoms in total. The molecular weight excluding hydrogens is 272 g/mol. The van der Waals surface area contributed by atoms with Crippen molar-refractivity contribution in [2.75, 3.05) is 0 Å². The van der Waals surface area contributed by atoms with Crippen molar-refractivity contribution in [1.82, 2.24) is 0 Å². The summed E-state index contributed by atoms with van der Waals surface area (Å²) in [6, 6.07) is 13.3. The SMILES string of the molecule is CC.CC.Cc1ccc(Sc2ccc(C)c(C)c2)cc1C. The highest BCUT2D eigenvalue weighted by Crippen LogP contribution is 2.30. The van der Waals surface area contributed by atoms with Gasteiger partial charge in [-0.25, -0.2) is 0 Å². The van der Waals surface area contributed by atoms with E-state index in [0.29, 0.717) is 0 Å². The minimum atomic E-state index is 1.32. The van der Waals surface area contributed by atoms with Crippen LogP contribution in [0.15, 0.2) is 46.2 Å². The third-order valence-electron chi connectivity index (χ3n) is 3.19. The minimum absolute atomic E-state index is 1.32. The Balaban J connectivity index is 0.000000921. The van der Waals surface area contributed by atoms with Crippen LogP contribution in [0.1, 0.15) is 49.9 Å². The highest BCUT2D eigenvalue weighted by atomic mass is 32.2. The van der Waals surface area contributed by atoms with E-state index in [1.807, 2.05) is 39.5 Å². The summed E-state index contributed by atoms with van der Waals surface area (Å²) in [5, 5.41) is 0. The van der Waals surface area contributed by atoms with E-state index < -0.39 is 0 Å². The summed E-state index contributed by atoms with van der Waals surface area (Å²) in [4.78, 5) is 2.63. The van der Waals surface area contributed by atoms with Crippen LogP contribution in [0.3, 0.4) is 0 Å². The fourth-order valence-corrected chi connectivity index (χ4v) is 2.71. The van der Waals surface area contributed by atoms with Crippen LogP contribution < -0.4 is 0 Å². The standard InChI is InChI=1S/C16H18S.2C2H6/c1-11-5-7-15(9-13(11)3)17-16-8-6-12(2)14(4)10-16;2*1-2/h5-10H,1-4H3;2*1-2H3. The molecule has 0 saturated carbocycles. The molecule has 0 unspecified atom stereocenters. The Labute approximate surface area is 136 Å². The van der Waals surface area contributed by atoms with Crippen LogP contribution in [0.4, 0.5) is 0 Å². The number of hydrogen-bond acceptors (Lipinski definition) is 1. The lowest BCUT2D eigenvalue weighted by Crippen LogP contribution is -1.83. The number of benzene rings is 2. The highest BCUT2D eigenvalue weighted by molar-refractivity contribution is 7.99. The maximum Gasteiger partial charge on any atom is 0.0125 e. The number of aryl methyl sites for hydroxylation is 4. The smallest absolute Gasteiger partial charge is 0.0125 e. The maximum absolute atomic E-state index is 2.26. The van der Waals surface area contributed by atoms with Crippen molar-refractivity contribution in [3.05, 3.63) is 58.7 Å². The predicted molar refractivity (Wildman–Crippen MR) is 98.7 cm³/mol. The second-order valence-electron chi connectivity index (χ2n) is 4.59. The molecule has 0 bridgehead atoms. The molecular formula is C20H30S. The molecule has 0 aromatic heterocycles. The Hall–Kier alpha value is -1.21. The van der Waals surface area contributed by atoms with Crippen LogP contribution >= 0.6 is 11.8 Å². The van der Waals surface area contributed by atoms with Crippen LogP contribution in [0.5, 0.6) is 0 Å². The maximum atomic E-state index is 2.26. The summed E-state index contributed by atoms with van der Waals surface area (Å²) < 4.78 is 0. The highest BCUT2D eigenvalue weighted by Gasteiger charge is 2.01. The Morgan fingerprint density at radius 1 is 0.524 bits per heavy atom. The molecule has 116 valence electrons. The van der Waals surface area contributed by atoms with Crippen LogP contribution in [0, 0.1) is 27.7 Å². The lowest BCUT2D eigenvalue weighted by atomic mass is 10.1. The van der Waals surface area contributed by atoms with Crippen LogP contribution in [-0.2, 0) is 0 Å². The van der Waals surface area contributed by atoms with Gasteiger partial charge < -0.3 is 0 Å². The van der Waals surface area contributed by atoms with Gasteiger partial charge in [0.2, 0.25) is 0 Å². The molecule has 0 spiro atoms. The van der Waals surface area contributed by atoms with Gasteiger partial charge in [0, 0.05) is 9.79 Å². The second-order valence-corrected chi connectivity index (χ2v) is 5.74. The van der Waals surface area contributed by atoms with Gasteiger partial charge in [-0.1, -0.05) is 51.6 Å². The summed E-state index contributed by atoms with van der Waals surface area (Å²) in [6.07, 6.45) is 0. The minimum Gasteiger partial charge on any atom is -0.0901 e. The fourth-order valence-electron chi connectivity index (χ4n) is 1.69. The van der Waals surface area contributed by atoms with Gasteiger partial charge in [-0.3, -0.25) is 0 Å². The van der Waals surface area contributed by atoms with Gasteiger partial charge in [0.1, 0.15) is 0 Å². The summed E-state index contributed by atoms with van der Waals surface area (Å²) in [5.41, 5.74) is 5.43. The summed E-state index contributed by atoms with van der Waals surface area (Å²) in [5.74, 6) is 0. The Bertz CT molecular complexity index is 492.